The van der Waals surface area contributed by atoms with Crippen LogP contribution in [0.4, 0.5) is 0 Å². The fourth-order valence-corrected chi connectivity index (χ4v) is 2.99. The highest BCUT2D eigenvalue weighted by atomic mass is 16.5. The van der Waals surface area contributed by atoms with Gasteiger partial charge in [0.2, 0.25) is 5.82 Å². The van der Waals surface area contributed by atoms with Gasteiger partial charge in [-0.2, -0.15) is 4.98 Å². The van der Waals surface area contributed by atoms with Crippen molar-refractivity contribution in [3.8, 4) is 34.3 Å². The van der Waals surface area contributed by atoms with E-state index in [4.69, 9.17) is 18.7 Å². The third kappa shape index (κ3) is 4.55. The Morgan fingerprint density at radius 3 is 2.59 bits per heavy atom. The molecule has 1 aliphatic heterocycles. The van der Waals surface area contributed by atoms with Gasteiger partial charge in [0.25, 0.3) is 11.8 Å². The van der Waals surface area contributed by atoms with Gasteiger partial charge < -0.3 is 23.6 Å². The van der Waals surface area contributed by atoms with E-state index in [0.29, 0.717) is 49.5 Å². The van der Waals surface area contributed by atoms with Crippen molar-refractivity contribution < 1.29 is 23.5 Å². The number of nitrogens with zero attached hydrogens (tertiary/aromatic N) is 3. The first-order chi connectivity index (χ1) is 14.2. The number of ether oxygens (including phenoxy) is 3. The van der Waals surface area contributed by atoms with Gasteiger partial charge in [0.05, 0.1) is 20.3 Å². The number of carbonyl (C=O) groups excluding carboxylic acids is 1. The van der Waals surface area contributed by atoms with Crippen LogP contribution in [-0.4, -0.2) is 61.0 Å². The highest BCUT2D eigenvalue weighted by Gasteiger charge is 2.17. The summed E-state index contributed by atoms with van der Waals surface area (Å²) >= 11 is 0. The first-order valence-electron chi connectivity index (χ1n) is 9.30. The Bertz CT molecular complexity index is 982. The Balaban J connectivity index is 1.44. The van der Waals surface area contributed by atoms with Gasteiger partial charge in [0.15, 0.2) is 6.61 Å². The van der Waals surface area contributed by atoms with Crippen molar-refractivity contribution in [2.75, 3.05) is 40.0 Å². The van der Waals surface area contributed by atoms with Crippen molar-refractivity contribution in [2.45, 2.75) is 0 Å². The van der Waals surface area contributed by atoms with Crippen LogP contribution in [0.25, 0.3) is 22.8 Å². The zero-order valence-electron chi connectivity index (χ0n) is 16.0. The molecule has 0 radical (unpaired) electrons. The van der Waals surface area contributed by atoms with Crippen molar-refractivity contribution in [1.29, 1.82) is 0 Å². The second-order valence-corrected chi connectivity index (χ2v) is 6.46. The molecule has 8 heteroatoms. The summed E-state index contributed by atoms with van der Waals surface area (Å²) in [4.78, 5) is 18.4. The normalized spacial score (nSPS) is 13.9. The lowest BCUT2D eigenvalue weighted by atomic mass is 10.2. The minimum atomic E-state index is -0.0569. The molecule has 1 aliphatic rings. The minimum absolute atomic E-state index is 0.0231. The van der Waals surface area contributed by atoms with Gasteiger partial charge in [0.1, 0.15) is 11.5 Å². The van der Waals surface area contributed by atoms with Gasteiger partial charge in [-0.15, -0.1) is 0 Å². The molecule has 0 bridgehead atoms. The minimum Gasteiger partial charge on any atom is -0.497 e. The largest absolute Gasteiger partial charge is 0.497 e. The summed E-state index contributed by atoms with van der Waals surface area (Å²) in [5.74, 6) is 2.05. The average Bonchev–Trinajstić information content (AvgIpc) is 3.29. The van der Waals surface area contributed by atoms with Gasteiger partial charge in [-0.1, -0.05) is 23.4 Å². The number of methoxy groups -OCH3 is 1. The standard InChI is InChI=1S/C21H21N3O5/c1-26-17-6-3-5-16(13-17)21-22-20(23-29-21)15-4-2-7-18(12-15)28-14-19(25)24-8-10-27-11-9-24/h2-7,12-13H,8-11,14H2,1H3. The van der Waals surface area contributed by atoms with E-state index in [9.17, 15) is 4.79 Å². The smallest absolute Gasteiger partial charge is 0.260 e. The molecule has 1 aromatic heterocycles. The predicted molar refractivity (Wildman–Crippen MR) is 105 cm³/mol. The summed E-state index contributed by atoms with van der Waals surface area (Å²) in [5.41, 5.74) is 1.51. The van der Waals surface area contributed by atoms with Crippen LogP contribution in [-0.2, 0) is 9.53 Å². The highest BCUT2D eigenvalue weighted by molar-refractivity contribution is 5.78. The molecule has 4 rings (SSSR count). The van der Waals surface area contributed by atoms with Crippen LogP contribution in [0.15, 0.2) is 53.1 Å². The van der Waals surface area contributed by atoms with Crippen LogP contribution in [0.2, 0.25) is 0 Å². The maximum Gasteiger partial charge on any atom is 0.260 e. The van der Waals surface area contributed by atoms with Crippen LogP contribution in [0.3, 0.4) is 0 Å². The van der Waals surface area contributed by atoms with E-state index in [1.54, 1.807) is 24.1 Å². The number of hydrogen-bond acceptors (Lipinski definition) is 7. The van der Waals surface area contributed by atoms with E-state index in [2.05, 4.69) is 10.1 Å². The zero-order chi connectivity index (χ0) is 20.1. The second-order valence-electron chi connectivity index (χ2n) is 6.46. The molecule has 0 aliphatic carbocycles. The van der Waals surface area contributed by atoms with Crippen LogP contribution in [0, 0.1) is 0 Å². The van der Waals surface area contributed by atoms with Crippen molar-refractivity contribution in [3.05, 3.63) is 48.5 Å². The Morgan fingerprint density at radius 2 is 1.79 bits per heavy atom. The third-order valence-electron chi connectivity index (χ3n) is 4.56. The van der Waals surface area contributed by atoms with Crippen molar-refractivity contribution in [2.24, 2.45) is 0 Å². The number of rotatable bonds is 6. The summed E-state index contributed by atoms with van der Waals surface area (Å²) < 4.78 is 21.6. The quantitative estimate of drug-likeness (QED) is 0.634. The van der Waals surface area contributed by atoms with Gasteiger partial charge in [0, 0.05) is 24.2 Å². The second kappa shape index (κ2) is 8.74. The van der Waals surface area contributed by atoms with Crippen molar-refractivity contribution in [1.82, 2.24) is 15.0 Å². The number of hydrogen-bond donors (Lipinski definition) is 0. The lowest BCUT2D eigenvalue weighted by molar-refractivity contribution is -0.137. The number of amides is 1. The summed E-state index contributed by atoms with van der Waals surface area (Å²) in [6.45, 7) is 2.30. The first kappa shape index (κ1) is 18.9. The third-order valence-corrected chi connectivity index (χ3v) is 4.56. The molecule has 8 nitrogen and oxygen atoms in total. The van der Waals surface area contributed by atoms with E-state index >= 15 is 0 Å². The molecule has 0 saturated carbocycles. The summed E-state index contributed by atoms with van der Waals surface area (Å²) in [6, 6.07) is 14.7. The molecule has 0 N–H and O–H groups in total. The van der Waals surface area contributed by atoms with Crippen LogP contribution in [0.5, 0.6) is 11.5 Å². The molecule has 2 heterocycles. The molecule has 29 heavy (non-hydrogen) atoms. The molecule has 150 valence electrons. The summed E-state index contributed by atoms with van der Waals surface area (Å²) in [7, 11) is 1.60. The van der Waals surface area contributed by atoms with E-state index in [1.807, 2.05) is 36.4 Å². The molecular weight excluding hydrogens is 374 g/mol. The Hall–Kier alpha value is -3.39. The number of carbonyl (C=O) groups is 1. The van der Waals surface area contributed by atoms with Crippen molar-refractivity contribution in [3.63, 3.8) is 0 Å². The van der Waals surface area contributed by atoms with Crippen molar-refractivity contribution >= 4 is 5.91 Å². The van der Waals surface area contributed by atoms with E-state index in [1.165, 1.54) is 0 Å². The summed E-state index contributed by atoms with van der Waals surface area (Å²) in [5, 5.41) is 4.06. The van der Waals surface area contributed by atoms with Gasteiger partial charge in [-0.05, 0) is 30.3 Å². The fraction of sp³-hybridized carbons (Fsp3) is 0.286. The molecule has 2 aromatic carbocycles. The maximum atomic E-state index is 12.2. The lowest BCUT2D eigenvalue weighted by Crippen LogP contribution is -2.42. The monoisotopic (exact) mass is 395 g/mol. The first-order valence-corrected chi connectivity index (χ1v) is 9.30. The Kier molecular flexibility index (Phi) is 5.71. The van der Waals surface area contributed by atoms with Crippen LogP contribution < -0.4 is 9.47 Å². The number of morpholine rings is 1. The van der Waals surface area contributed by atoms with Gasteiger partial charge in [-0.25, -0.2) is 0 Å². The van der Waals surface area contributed by atoms with E-state index in [-0.39, 0.29) is 12.5 Å². The average molecular weight is 395 g/mol. The molecule has 0 spiro atoms. The predicted octanol–water partition coefficient (Wildman–Crippen LogP) is 2.65. The molecule has 1 fully saturated rings. The molecule has 0 atom stereocenters. The summed E-state index contributed by atoms with van der Waals surface area (Å²) in [6.07, 6.45) is 0. The zero-order valence-corrected chi connectivity index (χ0v) is 16.0. The highest BCUT2D eigenvalue weighted by Crippen LogP contribution is 2.26. The molecule has 0 unspecified atom stereocenters. The number of benzene rings is 2. The van der Waals surface area contributed by atoms with Gasteiger partial charge in [-0.3, -0.25) is 4.79 Å². The molecule has 1 saturated heterocycles. The number of aromatic nitrogens is 2. The molecule has 3 aromatic rings. The van der Waals surface area contributed by atoms with E-state index in [0.717, 1.165) is 11.1 Å². The fourth-order valence-electron chi connectivity index (χ4n) is 2.99. The van der Waals surface area contributed by atoms with E-state index < -0.39 is 0 Å². The Morgan fingerprint density at radius 1 is 1.07 bits per heavy atom. The van der Waals surface area contributed by atoms with Gasteiger partial charge >= 0.3 is 0 Å². The Labute approximate surface area is 168 Å². The molecular formula is C21H21N3O5. The SMILES string of the molecule is COc1cccc(-c2nc(-c3cccc(OCC(=O)N4CCOCC4)c3)no2)c1. The van der Waals surface area contributed by atoms with Crippen LogP contribution in [0.1, 0.15) is 0 Å². The van der Waals surface area contributed by atoms with Crippen LogP contribution >= 0.6 is 0 Å². The lowest BCUT2D eigenvalue weighted by Gasteiger charge is -2.26. The topological polar surface area (TPSA) is 86.9 Å². The molecule has 1 amide bonds. The maximum absolute atomic E-state index is 12.2.